The summed E-state index contributed by atoms with van der Waals surface area (Å²) in [6.45, 7) is 7.78. The number of aryl methyl sites for hydroxylation is 1. The van der Waals surface area contributed by atoms with E-state index in [0.717, 1.165) is 26.2 Å². The summed E-state index contributed by atoms with van der Waals surface area (Å²) >= 11 is 1.70. The van der Waals surface area contributed by atoms with Crippen LogP contribution in [-0.2, 0) is 17.9 Å². The molecule has 1 saturated heterocycles. The van der Waals surface area contributed by atoms with E-state index >= 15 is 0 Å². The van der Waals surface area contributed by atoms with Crippen LogP contribution >= 0.6 is 11.3 Å². The van der Waals surface area contributed by atoms with Gasteiger partial charge in [-0.3, -0.25) is 14.8 Å². The highest BCUT2D eigenvalue weighted by molar-refractivity contribution is 7.07. The fourth-order valence-corrected chi connectivity index (χ4v) is 4.92. The van der Waals surface area contributed by atoms with Crippen molar-refractivity contribution in [1.82, 2.24) is 20.0 Å². The van der Waals surface area contributed by atoms with Crippen molar-refractivity contribution in [2.75, 3.05) is 13.1 Å². The second kappa shape index (κ2) is 6.57. The summed E-state index contributed by atoms with van der Waals surface area (Å²) < 4.78 is 0. The van der Waals surface area contributed by atoms with Crippen molar-refractivity contribution >= 4 is 17.2 Å². The Morgan fingerprint density at radius 1 is 1.48 bits per heavy atom. The first-order chi connectivity index (χ1) is 12.1. The highest BCUT2D eigenvalue weighted by Gasteiger charge is 2.58. The average Bonchev–Trinajstić information content (AvgIpc) is 2.94. The Hall–Kier alpha value is -1.66. The van der Waals surface area contributed by atoms with Crippen molar-refractivity contribution in [2.45, 2.75) is 52.2 Å². The molecular weight excluding hydrogens is 332 g/mol. The minimum absolute atomic E-state index is 0.213. The van der Waals surface area contributed by atoms with Crippen LogP contribution in [0.3, 0.4) is 0 Å². The van der Waals surface area contributed by atoms with Gasteiger partial charge in [0, 0.05) is 37.3 Å². The van der Waals surface area contributed by atoms with Crippen LogP contribution in [0, 0.1) is 12.3 Å². The molecule has 1 amide bonds. The predicted octanol–water partition coefficient (Wildman–Crippen LogP) is 3.18. The lowest BCUT2D eigenvalue weighted by Gasteiger charge is -2.34. The first-order valence-electron chi connectivity index (χ1n) is 9.07. The first-order valence-corrected chi connectivity index (χ1v) is 10.0. The van der Waals surface area contributed by atoms with Crippen molar-refractivity contribution in [3.8, 4) is 0 Å². The third kappa shape index (κ3) is 3.37. The number of likely N-dealkylation sites (tertiary alicyclic amines) is 1. The number of aromatic nitrogens is 2. The maximum atomic E-state index is 12.2. The number of carbonyl (C=O) groups excluding carboxylic acids is 1. The number of nitrogens with zero attached hydrogens (tertiary/aromatic N) is 3. The average molecular weight is 359 g/mol. The molecule has 0 radical (unpaired) electrons. The third-order valence-corrected chi connectivity index (χ3v) is 6.77. The topological polar surface area (TPSA) is 52.2 Å². The van der Waals surface area contributed by atoms with Crippen LogP contribution in [0.25, 0.3) is 0 Å². The number of nitrogens with one attached hydrogen (secondary N) is 1. The van der Waals surface area contributed by atoms with Gasteiger partial charge in [-0.2, -0.15) is 16.4 Å². The molecule has 1 atom stereocenters. The van der Waals surface area contributed by atoms with Gasteiger partial charge in [0.15, 0.2) is 0 Å². The molecule has 1 saturated carbocycles. The summed E-state index contributed by atoms with van der Waals surface area (Å²) in [5.74, 6) is 0.213. The summed E-state index contributed by atoms with van der Waals surface area (Å²) in [5.41, 5.74) is 4.09. The Morgan fingerprint density at radius 2 is 2.28 bits per heavy atom. The molecule has 0 unspecified atom stereocenters. The number of piperidine rings is 1. The minimum atomic E-state index is 0.213. The molecule has 1 aliphatic carbocycles. The molecule has 3 heterocycles. The Kier molecular flexibility index (Phi) is 4.41. The molecule has 2 aliphatic rings. The van der Waals surface area contributed by atoms with Crippen LogP contribution in [0.4, 0.5) is 0 Å². The monoisotopic (exact) mass is 358 g/mol. The van der Waals surface area contributed by atoms with Crippen molar-refractivity contribution in [1.29, 1.82) is 0 Å². The zero-order chi connectivity index (χ0) is 17.4. The Morgan fingerprint density at radius 3 is 2.88 bits per heavy atom. The van der Waals surface area contributed by atoms with Crippen molar-refractivity contribution in [2.24, 2.45) is 5.41 Å². The van der Waals surface area contributed by atoms with Crippen LogP contribution in [0.5, 0.6) is 0 Å². The van der Waals surface area contributed by atoms with E-state index in [1.165, 1.54) is 36.1 Å². The second-order valence-electron chi connectivity index (χ2n) is 7.66. The van der Waals surface area contributed by atoms with E-state index in [4.69, 9.17) is 0 Å². The largest absolute Gasteiger partial charge is 0.335 e. The van der Waals surface area contributed by atoms with Gasteiger partial charge in [-0.25, -0.2) is 0 Å². The number of hydrogen-bond donors (Lipinski definition) is 1. The lowest BCUT2D eigenvalue weighted by atomic mass is 9.92. The Balaban J connectivity index is 1.35. The van der Waals surface area contributed by atoms with E-state index in [1.54, 1.807) is 18.3 Å². The van der Waals surface area contributed by atoms with Crippen LogP contribution in [-0.4, -0.2) is 45.0 Å². The molecular formula is C19H26N4OS. The van der Waals surface area contributed by atoms with E-state index in [0.29, 0.717) is 11.5 Å². The Labute approximate surface area is 153 Å². The number of rotatable bonds is 5. The van der Waals surface area contributed by atoms with E-state index in [2.05, 4.69) is 43.7 Å². The van der Waals surface area contributed by atoms with E-state index < -0.39 is 0 Å². The van der Waals surface area contributed by atoms with Crippen LogP contribution in [0.15, 0.2) is 23.0 Å². The zero-order valence-electron chi connectivity index (χ0n) is 15.0. The zero-order valence-corrected chi connectivity index (χ0v) is 15.8. The molecule has 0 bridgehead atoms. The molecule has 134 valence electrons. The first kappa shape index (κ1) is 16.8. The van der Waals surface area contributed by atoms with Gasteiger partial charge in [-0.1, -0.05) is 0 Å². The van der Waals surface area contributed by atoms with Gasteiger partial charge in [0.05, 0.1) is 6.20 Å². The fraction of sp³-hybridized carbons (Fsp3) is 0.579. The lowest BCUT2D eigenvalue weighted by molar-refractivity contribution is -0.130. The SMILES string of the molecule is CC(=O)N(Cc1ccsc1)[C@@H]1CC12CCN(Cc1cn[nH]c1C)CC2. The molecule has 2 aromatic rings. The molecule has 0 aromatic carbocycles. The molecule has 2 fully saturated rings. The van der Waals surface area contributed by atoms with Crippen molar-refractivity contribution in [3.05, 3.63) is 39.8 Å². The molecule has 2 aromatic heterocycles. The molecule has 4 rings (SSSR count). The number of amides is 1. The summed E-state index contributed by atoms with van der Waals surface area (Å²) in [7, 11) is 0. The minimum Gasteiger partial charge on any atom is -0.335 e. The fourth-order valence-electron chi connectivity index (χ4n) is 4.26. The third-order valence-electron chi connectivity index (χ3n) is 6.04. The normalized spacial score (nSPS) is 22.2. The van der Waals surface area contributed by atoms with Gasteiger partial charge >= 0.3 is 0 Å². The van der Waals surface area contributed by atoms with Gasteiger partial charge in [0.1, 0.15) is 0 Å². The van der Waals surface area contributed by atoms with Gasteiger partial charge in [0.2, 0.25) is 5.91 Å². The van der Waals surface area contributed by atoms with Gasteiger partial charge < -0.3 is 4.90 Å². The molecule has 1 spiro atoms. The van der Waals surface area contributed by atoms with E-state index in [1.807, 2.05) is 6.20 Å². The lowest BCUT2D eigenvalue weighted by Crippen LogP contribution is -2.39. The summed E-state index contributed by atoms with van der Waals surface area (Å²) in [6.07, 6.45) is 5.51. The van der Waals surface area contributed by atoms with E-state index in [-0.39, 0.29) is 5.91 Å². The number of hydrogen-bond acceptors (Lipinski definition) is 4. The molecule has 25 heavy (non-hydrogen) atoms. The number of H-pyrrole nitrogens is 1. The highest BCUT2D eigenvalue weighted by Crippen LogP contribution is 2.57. The summed E-state index contributed by atoms with van der Waals surface area (Å²) in [5, 5.41) is 11.4. The maximum absolute atomic E-state index is 12.2. The van der Waals surface area contributed by atoms with Gasteiger partial charge in [-0.15, -0.1) is 0 Å². The van der Waals surface area contributed by atoms with E-state index in [9.17, 15) is 4.79 Å². The van der Waals surface area contributed by atoms with Crippen LogP contribution < -0.4 is 0 Å². The highest BCUT2D eigenvalue weighted by atomic mass is 32.1. The van der Waals surface area contributed by atoms with Crippen LogP contribution in [0.1, 0.15) is 43.0 Å². The predicted molar refractivity (Wildman–Crippen MR) is 99.2 cm³/mol. The molecule has 6 heteroatoms. The quantitative estimate of drug-likeness (QED) is 0.893. The van der Waals surface area contributed by atoms with Gasteiger partial charge in [-0.05, 0) is 67.1 Å². The summed E-state index contributed by atoms with van der Waals surface area (Å²) in [6, 6.07) is 2.56. The van der Waals surface area contributed by atoms with Crippen LogP contribution in [0.2, 0.25) is 0 Å². The molecule has 1 N–H and O–H groups in total. The smallest absolute Gasteiger partial charge is 0.220 e. The standard InChI is InChI=1S/C19H26N4OS/c1-14-17(10-20-21-14)12-22-6-4-19(5-7-22)9-18(19)23(15(2)24)11-16-3-8-25-13-16/h3,8,10,13,18H,4-7,9,11-12H2,1-2H3,(H,20,21)/t18-/m1/s1. The number of thiophene rings is 1. The maximum Gasteiger partial charge on any atom is 0.220 e. The summed E-state index contributed by atoms with van der Waals surface area (Å²) in [4.78, 5) is 16.8. The molecule has 5 nitrogen and oxygen atoms in total. The Bertz CT molecular complexity index is 730. The number of aromatic amines is 1. The van der Waals surface area contributed by atoms with Crippen molar-refractivity contribution < 1.29 is 4.79 Å². The van der Waals surface area contributed by atoms with Crippen molar-refractivity contribution in [3.63, 3.8) is 0 Å². The number of carbonyl (C=O) groups is 1. The molecule has 1 aliphatic heterocycles. The second-order valence-corrected chi connectivity index (χ2v) is 8.44. The van der Waals surface area contributed by atoms with Gasteiger partial charge in [0.25, 0.3) is 0 Å².